The number of benzene rings is 1. The fourth-order valence-corrected chi connectivity index (χ4v) is 2.68. The molecule has 1 aromatic rings. The molecule has 2 unspecified atom stereocenters. The van der Waals surface area contributed by atoms with E-state index in [2.05, 4.69) is 5.32 Å². The zero-order valence-corrected chi connectivity index (χ0v) is 12.5. The van der Waals surface area contributed by atoms with E-state index < -0.39 is 11.6 Å². The summed E-state index contributed by atoms with van der Waals surface area (Å²) in [7, 11) is 1.64. The number of hydrogen-bond donors (Lipinski definition) is 2. The fraction of sp³-hybridized carbons (Fsp3) is 0.500. The molecule has 110 valence electrons. The number of nitrogens with one attached hydrogen (secondary N) is 1. The highest BCUT2D eigenvalue weighted by molar-refractivity contribution is 7.80. The quantitative estimate of drug-likeness (QED) is 0.840. The van der Waals surface area contributed by atoms with Crippen molar-refractivity contribution in [2.75, 3.05) is 12.4 Å². The molecule has 2 rings (SSSR count). The Labute approximate surface area is 122 Å². The predicted octanol–water partition coefficient (Wildman–Crippen LogP) is 2.82. The van der Waals surface area contributed by atoms with Crippen molar-refractivity contribution >= 4 is 22.9 Å². The Balaban J connectivity index is 2.21. The summed E-state index contributed by atoms with van der Waals surface area (Å²) in [6, 6.07) is 2.24. The van der Waals surface area contributed by atoms with E-state index in [1.165, 1.54) is 0 Å². The predicted molar refractivity (Wildman–Crippen MR) is 78.9 cm³/mol. The molecule has 0 heterocycles. The molecule has 1 aliphatic rings. The molecule has 3 N–H and O–H groups in total. The average Bonchev–Trinajstić information content (AvgIpc) is 2.35. The Bertz CT molecular complexity index is 525. The normalized spacial score (nSPS) is 24.1. The molecule has 1 saturated carbocycles. The van der Waals surface area contributed by atoms with Crippen LogP contribution < -0.4 is 11.1 Å². The van der Waals surface area contributed by atoms with Gasteiger partial charge in [-0.05, 0) is 18.6 Å². The lowest BCUT2D eigenvalue weighted by Crippen LogP contribution is -2.57. The van der Waals surface area contributed by atoms with E-state index in [4.69, 9.17) is 22.7 Å². The van der Waals surface area contributed by atoms with Crippen LogP contribution in [0.3, 0.4) is 0 Å². The Morgan fingerprint density at radius 1 is 1.40 bits per heavy atom. The molecule has 20 heavy (non-hydrogen) atoms. The van der Waals surface area contributed by atoms with Crippen LogP contribution in [0, 0.1) is 17.0 Å². The first-order chi connectivity index (χ1) is 9.27. The lowest BCUT2D eigenvalue weighted by molar-refractivity contribution is -0.0796. The summed E-state index contributed by atoms with van der Waals surface area (Å²) in [5, 5.41) is 2.92. The maximum absolute atomic E-state index is 14.0. The van der Waals surface area contributed by atoms with Crippen LogP contribution in [0.1, 0.15) is 25.8 Å². The minimum Gasteiger partial charge on any atom is -0.389 e. The number of thiocarbonyl (C=S) groups is 1. The summed E-state index contributed by atoms with van der Waals surface area (Å²) in [6.45, 7) is 4.00. The number of ether oxygens (including phenoxy) is 1. The van der Waals surface area contributed by atoms with Crippen LogP contribution in [0.4, 0.5) is 14.5 Å². The molecule has 0 radical (unpaired) electrons. The second-order valence-corrected chi connectivity index (χ2v) is 6.10. The summed E-state index contributed by atoms with van der Waals surface area (Å²) in [5.74, 6) is -1.38. The molecule has 0 saturated heterocycles. The lowest BCUT2D eigenvalue weighted by atomic mass is 9.64. The standard InChI is InChI=1S/C14H18F2N2OS/c1-14(2)10(6-11(14)19-3)18-12-8(15)4-7(13(17)20)5-9(12)16/h4-5,10-11,18H,6H2,1-3H3,(H2,17,20). The van der Waals surface area contributed by atoms with Gasteiger partial charge in [0.1, 0.15) is 22.3 Å². The van der Waals surface area contributed by atoms with Crippen LogP contribution in [0.2, 0.25) is 0 Å². The molecule has 0 aliphatic heterocycles. The summed E-state index contributed by atoms with van der Waals surface area (Å²) in [5.41, 5.74) is 5.24. The summed E-state index contributed by atoms with van der Waals surface area (Å²) in [4.78, 5) is -0.0298. The maximum atomic E-state index is 14.0. The van der Waals surface area contributed by atoms with Gasteiger partial charge in [0, 0.05) is 24.1 Å². The lowest BCUT2D eigenvalue weighted by Gasteiger charge is -2.51. The van der Waals surface area contributed by atoms with Crippen molar-refractivity contribution < 1.29 is 13.5 Å². The Morgan fingerprint density at radius 3 is 2.35 bits per heavy atom. The highest BCUT2D eigenvalue weighted by Crippen LogP contribution is 2.44. The van der Waals surface area contributed by atoms with Crippen molar-refractivity contribution in [2.24, 2.45) is 11.1 Å². The van der Waals surface area contributed by atoms with E-state index >= 15 is 0 Å². The summed E-state index contributed by atoms with van der Waals surface area (Å²) in [6.07, 6.45) is 0.793. The molecular formula is C14H18F2N2OS. The number of anilines is 1. The Morgan fingerprint density at radius 2 is 1.95 bits per heavy atom. The van der Waals surface area contributed by atoms with Crippen LogP contribution in [0.5, 0.6) is 0 Å². The first-order valence-corrected chi connectivity index (χ1v) is 6.76. The minimum atomic E-state index is -0.690. The molecule has 0 aromatic heterocycles. The summed E-state index contributed by atoms with van der Waals surface area (Å²) >= 11 is 4.72. The van der Waals surface area contributed by atoms with Crippen LogP contribution in [0.25, 0.3) is 0 Å². The molecule has 0 bridgehead atoms. The van der Waals surface area contributed by atoms with Gasteiger partial charge >= 0.3 is 0 Å². The van der Waals surface area contributed by atoms with E-state index in [9.17, 15) is 8.78 Å². The smallest absolute Gasteiger partial charge is 0.150 e. The van der Waals surface area contributed by atoms with Gasteiger partial charge in [0.05, 0.1) is 6.10 Å². The summed E-state index contributed by atoms with van der Waals surface area (Å²) < 4.78 is 33.3. The SMILES string of the molecule is COC1CC(Nc2c(F)cc(C(N)=S)cc2F)C1(C)C. The third-order valence-electron chi connectivity index (χ3n) is 4.11. The highest BCUT2D eigenvalue weighted by Gasteiger charge is 2.49. The molecule has 0 spiro atoms. The Kier molecular flexibility index (Phi) is 3.97. The third kappa shape index (κ3) is 2.50. The van der Waals surface area contributed by atoms with E-state index in [-0.39, 0.29) is 33.8 Å². The van der Waals surface area contributed by atoms with E-state index in [1.807, 2.05) is 13.8 Å². The van der Waals surface area contributed by atoms with Gasteiger partial charge in [0.2, 0.25) is 0 Å². The van der Waals surface area contributed by atoms with Crippen molar-refractivity contribution in [1.82, 2.24) is 0 Å². The van der Waals surface area contributed by atoms with Gasteiger partial charge in [-0.1, -0.05) is 26.1 Å². The molecule has 0 amide bonds. The number of nitrogens with two attached hydrogens (primary N) is 1. The van der Waals surface area contributed by atoms with Gasteiger partial charge < -0.3 is 15.8 Å². The van der Waals surface area contributed by atoms with Crippen LogP contribution in [-0.4, -0.2) is 24.2 Å². The van der Waals surface area contributed by atoms with Gasteiger partial charge in [-0.2, -0.15) is 0 Å². The Hall–Kier alpha value is -1.27. The molecule has 1 fully saturated rings. The number of hydrogen-bond acceptors (Lipinski definition) is 3. The van der Waals surface area contributed by atoms with Gasteiger partial charge in [-0.25, -0.2) is 8.78 Å². The van der Waals surface area contributed by atoms with Gasteiger partial charge in [0.15, 0.2) is 0 Å². The number of halogens is 2. The van der Waals surface area contributed by atoms with Crippen LogP contribution in [-0.2, 0) is 4.74 Å². The number of rotatable bonds is 4. The van der Waals surface area contributed by atoms with Gasteiger partial charge in [0.25, 0.3) is 0 Å². The molecule has 1 aromatic carbocycles. The van der Waals surface area contributed by atoms with Crippen molar-refractivity contribution in [1.29, 1.82) is 0 Å². The van der Waals surface area contributed by atoms with Crippen molar-refractivity contribution in [3.63, 3.8) is 0 Å². The molecular weight excluding hydrogens is 282 g/mol. The van der Waals surface area contributed by atoms with Gasteiger partial charge in [-0.15, -0.1) is 0 Å². The molecule has 2 atom stereocenters. The highest BCUT2D eigenvalue weighted by atomic mass is 32.1. The number of methoxy groups -OCH3 is 1. The van der Waals surface area contributed by atoms with Crippen LogP contribution >= 0.6 is 12.2 Å². The largest absolute Gasteiger partial charge is 0.389 e. The second kappa shape index (κ2) is 5.26. The minimum absolute atomic E-state index is 0.0298. The van der Waals surface area contributed by atoms with Crippen molar-refractivity contribution in [3.05, 3.63) is 29.3 Å². The zero-order chi connectivity index (χ0) is 15.1. The zero-order valence-electron chi connectivity index (χ0n) is 11.7. The van der Waals surface area contributed by atoms with E-state index in [1.54, 1.807) is 7.11 Å². The monoisotopic (exact) mass is 300 g/mol. The van der Waals surface area contributed by atoms with E-state index in [0.717, 1.165) is 12.1 Å². The van der Waals surface area contributed by atoms with Gasteiger partial charge in [-0.3, -0.25) is 0 Å². The third-order valence-corrected chi connectivity index (χ3v) is 4.34. The first-order valence-electron chi connectivity index (χ1n) is 6.35. The van der Waals surface area contributed by atoms with E-state index in [0.29, 0.717) is 6.42 Å². The van der Waals surface area contributed by atoms with Crippen molar-refractivity contribution in [2.45, 2.75) is 32.4 Å². The van der Waals surface area contributed by atoms with Crippen LogP contribution in [0.15, 0.2) is 12.1 Å². The topological polar surface area (TPSA) is 47.3 Å². The second-order valence-electron chi connectivity index (χ2n) is 5.66. The molecule has 3 nitrogen and oxygen atoms in total. The van der Waals surface area contributed by atoms with Crippen molar-refractivity contribution in [3.8, 4) is 0 Å². The maximum Gasteiger partial charge on any atom is 0.150 e. The first kappa shape index (κ1) is 15.1. The average molecular weight is 300 g/mol. The fourth-order valence-electron chi connectivity index (χ4n) is 2.56. The molecule has 6 heteroatoms. The molecule has 1 aliphatic carbocycles.